The average molecular weight is 153 g/mol. The second kappa shape index (κ2) is 3.14. The SMILES string of the molecule is CC1CC2CCC1CCNC2. The molecule has 0 aromatic carbocycles. The minimum Gasteiger partial charge on any atom is -0.316 e. The van der Waals surface area contributed by atoms with E-state index >= 15 is 0 Å². The lowest BCUT2D eigenvalue weighted by atomic mass is 9.72. The fourth-order valence-corrected chi connectivity index (χ4v) is 2.78. The third-order valence-electron chi connectivity index (χ3n) is 3.58. The van der Waals surface area contributed by atoms with Gasteiger partial charge in [0.05, 0.1) is 0 Å². The van der Waals surface area contributed by atoms with Crippen LogP contribution in [0.1, 0.15) is 32.6 Å². The maximum absolute atomic E-state index is 3.54. The first-order valence-corrected chi connectivity index (χ1v) is 5.07. The molecule has 2 aliphatic heterocycles. The monoisotopic (exact) mass is 153 g/mol. The Balaban J connectivity index is 2.01. The molecule has 0 aromatic heterocycles. The van der Waals surface area contributed by atoms with Crippen LogP contribution in [0.2, 0.25) is 0 Å². The van der Waals surface area contributed by atoms with Crippen LogP contribution in [0.15, 0.2) is 0 Å². The van der Waals surface area contributed by atoms with Crippen molar-refractivity contribution >= 4 is 0 Å². The van der Waals surface area contributed by atoms with E-state index in [2.05, 4.69) is 12.2 Å². The van der Waals surface area contributed by atoms with Crippen LogP contribution in [0, 0.1) is 17.8 Å². The van der Waals surface area contributed by atoms with Crippen LogP contribution in [0.4, 0.5) is 0 Å². The average Bonchev–Trinajstić information content (AvgIpc) is 1.92. The maximum Gasteiger partial charge on any atom is -0.00204 e. The van der Waals surface area contributed by atoms with E-state index in [0.29, 0.717) is 0 Å². The minimum atomic E-state index is 1.00. The Labute approximate surface area is 69.6 Å². The van der Waals surface area contributed by atoms with Gasteiger partial charge < -0.3 is 5.32 Å². The number of nitrogens with one attached hydrogen (secondary N) is 1. The number of hydrogen-bond acceptors (Lipinski definition) is 1. The van der Waals surface area contributed by atoms with Gasteiger partial charge in [0.1, 0.15) is 0 Å². The van der Waals surface area contributed by atoms with Crippen LogP contribution in [-0.2, 0) is 0 Å². The van der Waals surface area contributed by atoms with Crippen molar-refractivity contribution in [2.24, 2.45) is 17.8 Å². The molecule has 0 aromatic rings. The summed E-state index contributed by atoms with van der Waals surface area (Å²) >= 11 is 0. The molecule has 3 rings (SSSR count). The van der Waals surface area contributed by atoms with Crippen LogP contribution in [0.5, 0.6) is 0 Å². The largest absolute Gasteiger partial charge is 0.316 e. The Morgan fingerprint density at radius 3 is 2.91 bits per heavy atom. The topological polar surface area (TPSA) is 12.0 Å². The summed E-state index contributed by atoms with van der Waals surface area (Å²) in [4.78, 5) is 0. The Morgan fingerprint density at radius 2 is 2.09 bits per heavy atom. The highest BCUT2D eigenvalue weighted by Gasteiger charge is 2.28. The van der Waals surface area contributed by atoms with Gasteiger partial charge in [-0.25, -0.2) is 0 Å². The van der Waals surface area contributed by atoms with Gasteiger partial charge in [0, 0.05) is 0 Å². The summed E-state index contributed by atoms with van der Waals surface area (Å²) in [5.41, 5.74) is 0. The van der Waals surface area contributed by atoms with E-state index in [9.17, 15) is 0 Å². The van der Waals surface area contributed by atoms with Crippen molar-refractivity contribution in [3.63, 3.8) is 0 Å². The fraction of sp³-hybridized carbons (Fsp3) is 1.00. The predicted molar refractivity (Wildman–Crippen MR) is 47.5 cm³/mol. The molecule has 2 heterocycles. The molecular formula is C10H19N. The normalized spacial score (nSPS) is 45.0. The van der Waals surface area contributed by atoms with E-state index in [1.54, 1.807) is 0 Å². The third kappa shape index (κ3) is 1.58. The van der Waals surface area contributed by atoms with Crippen LogP contribution in [0.25, 0.3) is 0 Å². The summed E-state index contributed by atoms with van der Waals surface area (Å²) < 4.78 is 0. The molecule has 64 valence electrons. The van der Waals surface area contributed by atoms with Crippen LogP contribution in [0.3, 0.4) is 0 Å². The lowest BCUT2D eigenvalue weighted by Crippen LogP contribution is -2.36. The zero-order chi connectivity index (χ0) is 7.68. The van der Waals surface area contributed by atoms with Gasteiger partial charge in [0.25, 0.3) is 0 Å². The van der Waals surface area contributed by atoms with Crippen molar-refractivity contribution in [3.05, 3.63) is 0 Å². The molecule has 3 aliphatic rings. The highest BCUT2D eigenvalue weighted by atomic mass is 14.9. The molecule has 0 spiro atoms. The molecule has 2 bridgehead atoms. The van der Waals surface area contributed by atoms with Gasteiger partial charge >= 0.3 is 0 Å². The van der Waals surface area contributed by atoms with E-state index in [1.807, 2.05) is 0 Å². The highest BCUT2D eigenvalue weighted by molar-refractivity contribution is 4.81. The zero-order valence-corrected chi connectivity index (χ0v) is 7.47. The van der Waals surface area contributed by atoms with E-state index in [1.165, 1.54) is 38.8 Å². The molecule has 1 aliphatic carbocycles. The van der Waals surface area contributed by atoms with E-state index in [0.717, 1.165) is 17.8 Å². The van der Waals surface area contributed by atoms with Crippen molar-refractivity contribution in [2.45, 2.75) is 32.6 Å². The number of hydrogen-bond donors (Lipinski definition) is 1. The molecule has 1 nitrogen and oxygen atoms in total. The first-order valence-electron chi connectivity index (χ1n) is 5.07. The minimum absolute atomic E-state index is 1.00. The standard InChI is InChI=1S/C10H19N/c1-8-6-9-2-3-10(8)4-5-11-7-9/h8-11H,2-7H2,1H3. The van der Waals surface area contributed by atoms with Gasteiger partial charge in [-0.05, 0) is 56.5 Å². The van der Waals surface area contributed by atoms with Crippen molar-refractivity contribution in [1.29, 1.82) is 0 Å². The van der Waals surface area contributed by atoms with Gasteiger partial charge in [-0.2, -0.15) is 0 Å². The lowest BCUT2D eigenvalue weighted by Gasteiger charge is -2.37. The Morgan fingerprint density at radius 1 is 1.18 bits per heavy atom. The third-order valence-corrected chi connectivity index (χ3v) is 3.58. The van der Waals surface area contributed by atoms with E-state index < -0.39 is 0 Å². The van der Waals surface area contributed by atoms with Gasteiger partial charge in [0.15, 0.2) is 0 Å². The molecule has 0 amide bonds. The first kappa shape index (κ1) is 7.60. The summed E-state index contributed by atoms with van der Waals surface area (Å²) in [6, 6.07) is 0. The van der Waals surface area contributed by atoms with Crippen molar-refractivity contribution in [2.75, 3.05) is 13.1 Å². The Bertz CT molecular complexity index is 129. The zero-order valence-electron chi connectivity index (χ0n) is 7.47. The molecule has 1 N–H and O–H groups in total. The molecule has 3 atom stereocenters. The van der Waals surface area contributed by atoms with Crippen molar-refractivity contribution in [3.8, 4) is 0 Å². The van der Waals surface area contributed by atoms with Crippen LogP contribution < -0.4 is 5.32 Å². The number of fused-ring (bicyclic) bond motifs is 5. The molecule has 1 saturated carbocycles. The van der Waals surface area contributed by atoms with Crippen molar-refractivity contribution < 1.29 is 0 Å². The Hall–Kier alpha value is -0.0400. The molecule has 0 radical (unpaired) electrons. The van der Waals surface area contributed by atoms with Gasteiger partial charge in [-0.1, -0.05) is 6.92 Å². The number of rotatable bonds is 0. The second-order valence-corrected chi connectivity index (χ2v) is 4.41. The molecule has 11 heavy (non-hydrogen) atoms. The summed E-state index contributed by atoms with van der Waals surface area (Å²) in [5, 5.41) is 3.54. The summed E-state index contributed by atoms with van der Waals surface area (Å²) in [6.45, 7) is 5.00. The smallest absolute Gasteiger partial charge is 0.00204 e. The Kier molecular flexibility index (Phi) is 2.17. The van der Waals surface area contributed by atoms with Crippen molar-refractivity contribution in [1.82, 2.24) is 5.32 Å². The molecule has 2 saturated heterocycles. The summed E-state index contributed by atoms with van der Waals surface area (Å²) in [5.74, 6) is 3.05. The fourth-order valence-electron chi connectivity index (χ4n) is 2.78. The molecule has 1 heteroatoms. The van der Waals surface area contributed by atoms with Gasteiger partial charge in [-0.15, -0.1) is 0 Å². The molecular weight excluding hydrogens is 134 g/mol. The van der Waals surface area contributed by atoms with Crippen LogP contribution >= 0.6 is 0 Å². The van der Waals surface area contributed by atoms with Gasteiger partial charge in [0.2, 0.25) is 0 Å². The maximum atomic E-state index is 3.54. The lowest BCUT2D eigenvalue weighted by molar-refractivity contribution is 0.160. The quantitative estimate of drug-likeness (QED) is 0.561. The second-order valence-electron chi connectivity index (χ2n) is 4.41. The van der Waals surface area contributed by atoms with Crippen LogP contribution in [-0.4, -0.2) is 13.1 Å². The van der Waals surface area contributed by atoms with Gasteiger partial charge in [-0.3, -0.25) is 0 Å². The van der Waals surface area contributed by atoms with E-state index in [4.69, 9.17) is 0 Å². The first-order chi connectivity index (χ1) is 5.36. The highest BCUT2D eigenvalue weighted by Crippen LogP contribution is 2.36. The molecule has 3 unspecified atom stereocenters. The predicted octanol–water partition coefficient (Wildman–Crippen LogP) is 2.03. The summed E-state index contributed by atoms with van der Waals surface area (Å²) in [7, 11) is 0. The molecule has 3 fully saturated rings. The van der Waals surface area contributed by atoms with E-state index in [-0.39, 0.29) is 0 Å². The summed E-state index contributed by atoms with van der Waals surface area (Å²) in [6.07, 6.45) is 5.90.